The van der Waals surface area contributed by atoms with Crippen LogP contribution in [-0.4, -0.2) is 41.9 Å². The topological polar surface area (TPSA) is 58.7 Å². The first kappa shape index (κ1) is 7.52. The van der Waals surface area contributed by atoms with Crippen LogP contribution in [0, 0.1) is 0 Å². The summed E-state index contributed by atoms with van der Waals surface area (Å²) in [6, 6.07) is -0.277. The van der Waals surface area contributed by atoms with E-state index in [4.69, 9.17) is 5.73 Å². The molecule has 5 heteroatoms. The zero-order valence-electron chi connectivity index (χ0n) is 6.53. The summed E-state index contributed by atoms with van der Waals surface area (Å²) in [5, 5.41) is 0. The van der Waals surface area contributed by atoms with Crippen molar-refractivity contribution in [2.24, 2.45) is 10.7 Å². The Balaban J connectivity index is 2.25. The third kappa shape index (κ3) is 0.964. The Labute approximate surface area is 69.2 Å². The van der Waals surface area contributed by atoms with E-state index in [0.29, 0.717) is 12.3 Å². The molecule has 0 unspecified atom stereocenters. The largest absolute Gasteiger partial charge is 0.386 e. The zero-order chi connectivity index (χ0) is 8.72. The molecule has 0 saturated carbocycles. The molecule has 2 rings (SSSR count). The van der Waals surface area contributed by atoms with Gasteiger partial charge < -0.3 is 10.6 Å². The SMILES string of the molecule is NC1=NCC(=O)N2C[C@@H](F)C[C@@H]12. The van der Waals surface area contributed by atoms with Gasteiger partial charge in [-0.3, -0.25) is 9.79 Å². The fourth-order valence-corrected chi connectivity index (χ4v) is 1.70. The third-order valence-corrected chi connectivity index (χ3v) is 2.31. The monoisotopic (exact) mass is 171 g/mol. The number of nitrogens with two attached hydrogens (primary N) is 1. The lowest BCUT2D eigenvalue weighted by molar-refractivity contribution is -0.130. The van der Waals surface area contributed by atoms with E-state index >= 15 is 0 Å². The van der Waals surface area contributed by atoms with Crippen molar-refractivity contribution in [3.63, 3.8) is 0 Å². The molecule has 12 heavy (non-hydrogen) atoms. The van der Waals surface area contributed by atoms with Gasteiger partial charge in [0.2, 0.25) is 5.91 Å². The molecule has 2 heterocycles. The summed E-state index contributed by atoms with van der Waals surface area (Å²) in [6.45, 7) is 0.259. The van der Waals surface area contributed by atoms with Crippen molar-refractivity contribution in [2.45, 2.75) is 18.6 Å². The van der Waals surface area contributed by atoms with Crippen LogP contribution in [0.4, 0.5) is 4.39 Å². The quantitative estimate of drug-likeness (QED) is 0.523. The lowest BCUT2D eigenvalue weighted by Crippen LogP contribution is -2.48. The van der Waals surface area contributed by atoms with Gasteiger partial charge >= 0.3 is 0 Å². The Hall–Kier alpha value is -1.13. The van der Waals surface area contributed by atoms with Gasteiger partial charge in [-0.2, -0.15) is 0 Å². The van der Waals surface area contributed by atoms with Crippen LogP contribution in [0.25, 0.3) is 0 Å². The molecule has 0 spiro atoms. The molecular formula is C7H10FN3O. The van der Waals surface area contributed by atoms with Gasteiger partial charge in [0.15, 0.2) is 0 Å². The molecule has 1 amide bonds. The van der Waals surface area contributed by atoms with E-state index < -0.39 is 6.17 Å². The molecule has 0 aromatic carbocycles. The van der Waals surface area contributed by atoms with Gasteiger partial charge in [-0.25, -0.2) is 4.39 Å². The number of amidine groups is 1. The van der Waals surface area contributed by atoms with Crippen LogP contribution in [0.15, 0.2) is 4.99 Å². The smallest absolute Gasteiger partial charge is 0.245 e. The lowest BCUT2D eigenvalue weighted by Gasteiger charge is -2.26. The molecule has 0 aromatic rings. The Morgan fingerprint density at radius 2 is 2.42 bits per heavy atom. The van der Waals surface area contributed by atoms with Gasteiger partial charge in [0.1, 0.15) is 18.6 Å². The summed E-state index contributed by atoms with van der Waals surface area (Å²) >= 11 is 0. The standard InChI is InChI=1S/C7H10FN3O/c8-4-1-5-7(9)10-2-6(12)11(5)3-4/h4-5H,1-3H2,(H2,9,10)/t4-,5-/m0/s1. The maximum absolute atomic E-state index is 12.9. The molecule has 2 atom stereocenters. The second-order valence-corrected chi connectivity index (χ2v) is 3.14. The van der Waals surface area contributed by atoms with E-state index in [1.165, 1.54) is 4.90 Å². The molecule has 2 N–H and O–H groups in total. The predicted molar refractivity (Wildman–Crippen MR) is 41.5 cm³/mol. The molecule has 0 bridgehead atoms. The number of alkyl halides is 1. The highest BCUT2D eigenvalue weighted by molar-refractivity contribution is 5.96. The van der Waals surface area contributed by atoms with Crippen molar-refractivity contribution in [3.05, 3.63) is 0 Å². The number of carbonyl (C=O) groups is 1. The molecule has 0 radical (unpaired) electrons. The minimum Gasteiger partial charge on any atom is -0.386 e. The summed E-state index contributed by atoms with van der Waals surface area (Å²) < 4.78 is 12.9. The number of rotatable bonds is 0. The minimum atomic E-state index is -0.939. The van der Waals surface area contributed by atoms with E-state index in [0.717, 1.165) is 0 Å². The highest BCUT2D eigenvalue weighted by Gasteiger charge is 2.39. The summed E-state index contributed by atoms with van der Waals surface area (Å²) in [7, 11) is 0. The van der Waals surface area contributed by atoms with Crippen molar-refractivity contribution >= 4 is 11.7 Å². The Kier molecular flexibility index (Phi) is 1.52. The van der Waals surface area contributed by atoms with Crippen molar-refractivity contribution in [2.75, 3.05) is 13.1 Å². The van der Waals surface area contributed by atoms with Gasteiger partial charge in [0, 0.05) is 6.42 Å². The second-order valence-electron chi connectivity index (χ2n) is 3.14. The van der Waals surface area contributed by atoms with Gasteiger partial charge in [-0.05, 0) is 0 Å². The highest BCUT2D eigenvalue weighted by Crippen LogP contribution is 2.22. The van der Waals surface area contributed by atoms with Gasteiger partial charge in [0.25, 0.3) is 0 Å². The Bertz CT molecular complexity index is 253. The number of hydrogen-bond donors (Lipinski definition) is 1. The number of amides is 1. The molecule has 66 valence electrons. The predicted octanol–water partition coefficient (Wildman–Crippen LogP) is -0.704. The van der Waals surface area contributed by atoms with Crippen LogP contribution in [0.3, 0.4) is 0 Å². The lowest BCUT2D eigenvalue weighted by atomic mass is 10.1. The molecule has 0 aromatic heterocycles. The first-order valence-electron chi connectivity index (χ1n) is 3.92. The van der Waals surface area contributed by atoms with Crippen LogP contribution in [0.2, 0.25) is 0 Å². The van der Waals surface area contributed by atoms with E-state index in [2.05, 4.69) is 4.99 Å². The normalized spacial score (nSPS) is 34.9. The van der Waals surface area contributed by atoms with Crippen LogP contribution in [0.5, 0.6) is 0 Å². The molecule has 4 nitrogen and oxygen atoms in total. The van der Waals surface area contributed by atoms with Crippen LogP contribution >= 0.6 is 0 Å². The van der Waals surface area contributed by atoms with E-state index in [1.807, 2.05) is 0 Å². The number of hydrogen-bond acceptors (Lipinski definition) is 3. The summed E-state index contributed by atoms with van der Waals surface area (Å²) in [4.78, 5) is 16.5. The summed E-state index contributed by atoms with van der Waals surface area (Å²) in [6.07, 6.45) is -0.632. The highest BCUT2D eigenvalue weighted by atomic mass is 19.1. The zero-order valence-corrected chi connectivity index (χ0v) is 6.53. The van der Waals surface area contributed by atoms with Crippen LogP contribution in [0.1, 0.15) is 6.42 Å². The summed E-state index contributed by atoms with van der Waals surface area (Å²) in [5.74, 6) is 0.282. The molecule has 1 saturated heterocycles. The average Bonchev–Trinajstić information content (AvgIpc) is 2.41. The third-order valence-electron chi connectivity index (χ3n) is 2.31. The molecule has 2 aliphatic rings. The van der Waals surface area contributed by atoms with Crippen molar-refractivity contribution in [1.29, 1.82) is 0 Å². The second kappa shape index (κ2) is 2.43. The average molecular weight is 171 g/mol. The fourth-order valence-electron chi connectivity index (χ4n) is 1.70. The number of nitrogens with zero attached hydrogens (tertiary/aromatic N) is 2. The molecule has 1 fully saturated rings. The van der Waals surface area contributed by atoms with Crippen molar-refractivity contribution in [1.82, 2.24) is 4.90 Å². The minimum absolute atomic E-state index is 0.0784. The Morgan fingerprint density at radius 3 is 3.08 bits per heavy atom. The van der Waals surface area contributed by atoms with Gasteiger partial charge in [0.05, 0.1) is 12.6 Å². The number of halogens is 1. The summed E-state index contributed by atoms with van der Waals surface area (Å²) in [5.41, 5.74) is 5.53. The van der Waals surface area contributed by atoms with Crippen LogP contribution in [-0.2, 0) is 4.79 Å². The number of aliphatic imine (C=N–C) groups is 1. The van der Waals surface area contributed by atoms with E-state index in [9.17, 15) is 9.18 Å². The first-order valence-corrected chi connectivity index (χ1v) is 3.92. The maximum Gasteiger partial charge on any atom is 0.245 e. The molecular weight excluding hydrogens is 161 g/mol. The van der Waals surface area contributed by atoms with Gasteiger partial charge in [-0.1, -0.05) is 0 Å². The van der Waals surface area contributed by atoms with E-state index in [1.54, 1.807) is 0 Å². The van der Waals surface area contributed by atoms with Crippen molar-refractivity contribution < 1.29 is 9.18 Å². The van der Waals surface area contributed by atoms with E-state index in [-0.39, 0.29) is 25.0 Å². The number of carbonyl (C=O) groups excluding carboxylic acids is 1. The van der Waals surface area contributed by atoms with Crippen LogP contribution < -0.4 is 5.73 Å². The number of fused-ring (bicyclic) bond motifs is 1. The molecule has 0 aliphatic carbocycles. The molecule has 2 aliphatic heterocycles. The Morgan fingerprint density at radius 1 is 1.67 bits per heavy atom. The maximum atomic E-state index is 12.9. The van der Waals surface area contributed by atoms with Gasteiger partial charge in [-0.15, -0.1) is 0 Å². The first-order chi connectivity index (χ1) is 5.68. The van der Waals surface area contributed by atoms with Crippen molar-refractivity contribution in [3.8, 4) is 0 Å². The fraction of sp³-hybridized carbons (Fsp3) is 0.714.